The number of carbonyl (C=O) groups is 2. The summed E-state index contributed by atoms with van der Waals surface area (Å²) < 4.78 is 44.8. The summed E-state index contributed by atoms with van der Waals surface area (Å²) >= 11 is 6.01. The number of likely N-dealkylation sites (tertiary alicyclic amines) is 1. The molecule has 1 amide bonds. The van der Waals surface area contributed by atoms with Crippen LogP contribution in [0.3, 0.4) is 0 Å². The molecular formula is C28H29ClF3N3O5. The number of ether oxygens (including phenoxy) is 2. The predicted octanol–water partition coefficient (Wildman–Crippen LogP) is 4.67. The number of anilines is 1. The third-order valence-corrected chi connectivity index (χ3v) is 6.86. The van der Waals surface area contributed by atoms with Crippen LogP contribution in [0.2, 0.25) is 5.02 Å². The number of hydrogen-bond acceptors (Lipinski definition) is 6. The van der Waals surface area contributed by atoms with Crippen LogP contribution in [0.25, 0.3) is 11.1 Å². The Morgan fingerprint density at radius 1 is 1.05 bits per heavy atom. The molecule has 2 aliphatic rings. The number of β-amino-alcohol motifs (C(OH)–C–C–N with tert-alkyl or cyclic N) is 1. The van der Waals surface area contributed by atoms with E-state index in [-0.39, 0.29) is 12.0 Å². The fraction of sp³-hybridized carbons (Fsp3) is 0.357. The molecule has 8 nitrogen and oxygen atoms in total. The number of hydrogen-bond donors (Lipinski definition) is 1. The van der Waals surface area contributed by atoms with Crippen molar-refractivity contribution in [3.63, 3.8) is 0 Å². The van der Waals surface area contributed by atoms with Gasteiger partial charge in [-0.15, -0.1) is 0 Å². The summed E-state index contributed by atoms with van der Waals surface area (Å²) in [7, 11) is 1.60. The van der Waals surface area contributed by atoms with Crippen molar-refractivity contribution in [1.82, 2.24) is 9.47 Å². The summed E-state index contributed by atoms with van der Waals surface area (Å²) in [6.07, 6.45) is -3.11. The molecule has 12 heteroatoms. The number of aromatic nitrogens is 1. The molecule has 214 valence electrons. The molecule has 1 N–H and O–H groups in total. The van der Waals surface area contributed by atoms with Crippen LogP contribution in [0.15, 0.2) is 54.7 Å². The summed E-state index contributed by atoms with van der Waals surface area (Å²) in [6.45, 7) is 4.11. The predicted molar refractivity (Wildman–Crippen MR) is 144 cm³/mol. The molecule has 2 aromatic carbocycles. The van der Waals surface area contributed by atoms with Crippen molar-refractivity contribution in [3.05, 3.63) is 65.4 Å². The van der Waals surface area contributed by atoms with Gasteiger partial charge in [0.25, 0.3) is 5.91 Å². The molecule has 0 unspecified atom stereocenters. The SMILES string of the molecule is COc1cc(N2CCn3cc(-c4ccc(Cl)cc4)cc3C2=O)ccc1OCCN1CC[C@@H](O)C1.O=CC(F)(F)F. The van der Waals surface area contributed by atoms with E-state index in [1.54, 1.807) is 12.0 Å². The second-order valence-corrected chi connectivity index (χ2v) is 9.79. The molecule has 1 atom stereocenters. The highest BCUT2D eigenvalue weighted by molar-refractivity contribution is 6.30. The van der Waals surface area contributed by atoms with Crippen LogP contribution in [0, 0.1) is 0 Å². The lowest BCUT2D eigenvalue weighted by atomic mass is 10.1. The third kappa shape index (κ3) is 7.35. The molecule has 2 aliphatic heterocycles. The fourth-order valence-corrected chi connectivity index (χ4v) is 4.74. The van der Waals surface area contributed by atoms with Crippen LogP contribution in [-0.2, 0) is 11.3 Å². The molecule has 3 aromatic rings. The summed E-state index contributed by atoms with van der Waals surface area (Å²) in [5.41, 5.74) is 3.45. The zero-order valence-electron chi connectivity index (χ0n) is 21.7. The van der Waals surface area contributed by atoms with E-state index in [0.717, 1.165) is 36.3 Å². The third-order valence-electron chi connectivity index (χ3n) is 6.61. The number of benzene rings is 2. The van der Waals surface area contributed by atoms with E-state index >= 15 is 0 Å². The molecule has 1 saturated heterocycles. The Bertz CT molecular complexity index is 1330. The number of aliphatic hydroxyl groups is 1. The van der Waals surface area contributed by atoms with Gasteiger partial charge in [0, 0.05) is 61.3 Å². The van der Waals surface area contributed by atoms with Gasteiger partial charge in [0.15, 0.2) is 11.5 Å². The molecule has 5 rings (SSSR count). The first kappa shape index (κ1) is 29.4. The molecule has 40 heavy (non-hydrogen) atoms. The highest BCUT2D eigenvalue weighted by atomic mass is 35.5. The minimum atomic E-state index is -4.64. The first-order chi connectivity index (χ1) is 19.1. The van der Waals surface area contributed by atoms with Crippen LogP contribution in [0.4, 0.5) is 18.9 Å². The van der Waals surface area contributed by atoms with Crippen LogP contribution in [0.5, 0.6) is 11.5 Å². The Balaban J connectivity index is 0.000000557. The lowest BCUT2D eigenvalue weighted by Gasteiger charge is -2.29. The van der Waals surface area contributed by atoms with Crippen molar-refractivity contribution in [1.29, 1.82) is 0 Å². The smallest absolute Gasteiger partial charge is 0.446 e. The number of rotatable bonds is 7. The minimum Gasteiger partial charge on any atom is -0.493 e. The van der Waals surface area contributed by atoms with Gasteiger partial charge in [-0.2, -0.15) is 13.2 Å². The standard InChI is InChI=1S/C26H28ClN3O4.C2HF3O/c1-33-25-15-21(6-7-24(25)34-13-12-28-9-8-22(31)17-28)30-11-10-29-16-19(14-23(29)26(30)32)18-2-4-20(27)5-3-18;3-2(4,5)1-6/h2-7,14-16,22,31H,8-13,17H2,1H3;1H/t22-;/m1./s1. The van der Waals surface area contributed by atoms with Gasteiger partial charge in [-0.25, -0.2) is 0 Å². The first-order valence-electron chi connectivity index (χ1n) is 12.6. The lowest BCUT2D eigenvalue weighted by molar-refractivity contribution is -0.156. The molecule has 0 bridgehead atoms. The van der Waals surface area contributed by atoms with E-state index in [1.165, 1.54) is 0 Å². The van der Waals surface area contributed by atoms with Crippen molar-refractivity contribution in [2.75, 3.05) is 44.8 Å². The molecule has 1 aromatic heterocycles. The maximum Gasteiger partial charge on any atom is 0.446 e. The molecule has 0 aliphatic carbocycles. The number of aldehydes is 1. The second kappa shape index (κ2) is 12.8. The Morgan fingerprint density at radius 3 is 2.40 bits per heavy atom. The second-order valence-electron chi connectivity index (χ2n) is 9.36. The molecule has 0 spiro atoms. The number of carbonyl (C=O) groups excluding carboxylic acids is 2. The average Bonchev–Trinajstić information content (AvgIpc) is 3.56. The van der Waals surface area contributed by atoms with Crippen molar-refractivity contribution >= 4 is 29.5 Å². The fourth-order valence-electron chi connectivity index (χ4n) is 4.61. The highest BCUT2D eigenvalue weighted by Gasteiger charge is 2.28. The Hall–Kier alpha value is -3.54. The van der Waals surface area contributed by atoms with E-state index in [9.17, 15) is 23.1 Å². The molecule has 3 heterocycles. The summed E-state index contributed by atoms with van der Waals surface area (Å²) in [4.78, 5) is 26.0. The normalized spacial score (nSPS) is 17.2. The van der Waals surface area contributed by atoms with Crippen molar-refractivity contribution in [3.8, 4) is 22.6 Å². The van der Waals surface area contributed by atoms with E-state index in [0.29, 0.717) is 48.5 Å². The minimum absolute atomic E-state index is 0.0465. The van der Waals surface area contributed by atoms with Crippen molar-refractivity contribution in [2.45, 2.75) is 25.2 Å². The summed E-state index contributed by atoms with van der Waals surface area (Å²) in [5.74, 6) is 1.19. The topological polar surface area (TPSA) is 84.2 Å². The number of alkyl halides is 3. The summed E-state index contributed by atoms with van der Waals surface area (Å²) in [5, 5.41) is 10.3. The van der Waals surface area contributed by atoms with E-state index in [4.69, 9.17) is 25.9 Å². The molecular weight excluding hydrogens is 551 g/mol. The van der Waals surface area contributed by atoms with Crippen LogP contribution in [-0.4, -0.2) is 78.9 Å². The number of fused-ring (bicyclic) bond motifs is 1. The molecule has 1 fully saturated rings. The van der Waals surface area contributed by atoms with Gasteiger partial charge in [0.2, 0.25) is 6.29 Å². The van der Waals surface area contributed by atoms with Crippen molar-refractivity contribution in [2.24, 2.45) is 0 Å². The summed E-state index contributed by atoms with van der Waals surface area (Å²) in [6, 6.07) is 15.2. The number of methoxy groups -OCH3 is 1. The van der Waals surface area contributed by atoms with Gasteiger partial charge in [-0.3, -0.25) is 14.5 Å². The number of halogens is 4. The highest BCUT2D eigenvalue weighted by Crippen LogP contribution is 2.34. The Morgan fingerprint density at radius 2 is 1.77 bits per heavy atom. The lowest BCUT2D eigenvalue weighted by Crippen LogP contribution is -2.39. The van der Waals surface area contributed by atoms with Crippen LogP contribution >= 0.6 is 11.6 Å². The van der Waals surface area contributed by atoms with Gasteiger partial charge >= 0.3 is 6.18 Å². The molecule has 0 saturated carbocycles. The zero-order chi connectivity index (χ0) is 28.9. The zero-order valence-corrected chi connectivity index (χ0v) is 22.5. The monoisotopic (exact) mass is 579 g/mol. The van der Waals surface area contributed by atoms with Gasteiger partial charge in [-0.05, 0) is 42.3 Å². The Labute approximate surface area is 234 Å². The van der Waals surface area contributed by atoms with Gasteiger partial charge in [0.05, 0.1) is 13.2 Å². The average molecular weight is 580 g/mol. The largest absolute Gasteiger partial charge is 0.493 e. The molecule has 0 radical (unpaired) electrons. The maximum atomic E-state index is 13.3. The Kier molecular flexibility index (Phi) is 9.39. The van der Waals surface area contributed by atoms with E-state index in [2.05, 4.69) is 4.90 Å². The number of nitrogens with zero attached hydrogens (tertiary/aromatic N) is 3. The van der Waals surface area contributed by atoms with Crippen molar-refractivity contribution < 1.29 is 37.3 Å². The van der Waals surface area contributed by atoms with E-state index < -0.39 is 12.5 Å². The first-order valence-corrected chi connectivity index (χ1v) is 13.0. The van der Waals surface area contributed by atoms with Gasteiger partial charge < -0.3 is 24.0 Å². The van der Waals surface area contributed by atoms with Gasteiger partial charge in [-0.1, -0.05) is 23.7 Å². The number of aliphatic hydroxyl groups excluding tert-OH is 1. The van der Waals surface area contributed by atoms with E-state index in [1.807, 2.05) is 59.3 Å². The van der Waals surface area contributed by atoms with Crippen LogP contribution in [0.1, 0.15) is 16.9 Å². The quantitative estimate of drug-likeness (QED) is 0.410. The maximum absolute atomic E-state index is 13.3. The number of amides is 1. The van der Waals surface area contributed by atoms with Gasteiger partial charge in [0.1, 0.15) is 12.3 Å². The van der Waals surface area contributed by atoms with Crippen LogP contribution < -0.4 is 14.4 Å².